The Bertz CT molecular complexity index is 536. The van der Waals surface area contributed by atoms with Crippen LogP contribution in [-0.4, -0.2) is 81.0 Å². The van der Waals surface area contributed by atoms with E-state index < -0.39 is 55.1 Å². The van der Waals surface area contributed by atoms with Gasteiger partial charge in [0.05, 0.1) is 24.4 Å². The third-order valence-corrected chi connectivity index (χ3v) is 5.51. The molecule has 3 rings (SSSR count). The number of aldehydes is 1. The number of aliphatic hydroxyl groups excluding tert-OH is 4. The molecule has 9 heteroatoms. The number of rotatable bonds is 4. The molecular formula is C16H24O9. The molecule has 0 aromatic rings. The van der Waals surface area contributed by atoms with Crippen molar-refractivity contribution < 1.29 is 44.5 Å². The number of hydrogen-bond acceptors (Lipinski definition) is 9. The van der Waals surface area contributed by atoms with Gasteiger partial charge < -0.3 is 39.7 Å². The van der Waals surface area contributed by atoms with Crippen LogP contribution in [0.4, 0.5) is 0 Å². The minimum atomic E-state index is -1.57. The number of ether oxygens (including phenoxy) is 3. The summed E-state index contributed by atoms with van der Waals surface area (Å²) in [5, 5.41) is 49.9. The summed E-state index contributed by atoms with van der Waals surface area (Å²) < 4.78 is 16.4. The first-order valence-corrected chi connectivity index (χ1v) is 8.33. The summed E-state index contributed by atoms with van der Waals surface area (Å²) in [7, 11) is 0. The SMILES string of the molecule is CC1CC[C@]2(O)C(C=O)=COC(OC3OC(CO)C(O)C(O)C3O)C12. The molecule has 8 unspecified atom stereocenters. The van der Waals surface area contributed by atoms with E-state index in [1.165, 1.54) is 0 Å². The number of fused-ring (bicyclic) bond motifs is 1. The summed E-state index contributed by atoms with van der Waals surface area (Å²) >= 11 is 0. The van der Waals surface area contributed by atoms with Crippen LogP contribution in [0.3, 0.4) is 0 Å². The Kier molecular flexibility index (Phi) is 5.18. The van der Waals surface area contributed by atoms with Crippen molar-refractivity contribution in [1.29, 1.82) is 0 Å². The molecule has 1 saturated carbocycles. The van der Waals surface area contributed by atoms with Gasteiger partial charge in [-0.25, -0.2) is 0 Å². The van der Waals surface area contributed by atoms with E-state index in [-0.39, 0.29) is 11.5 Å². The van der Waals surface area contributed by atoms with Gasteiger partial charge in [0.15, 0.2) is 12.6 Å². The molecule has 0 amide bonds. The molecule has 2 aliphatic heterocycles. The molecule has 9 atom stereocenters. The van der Waals surface area contributed by atoms with E-state index in [0.717, 1.165) is 6.26 Å². The lowest BCUT2D eigenvalue weighted by atomic mass is 9.80. The summed E-state index contributed by atoms with van der Waals surface area (Å²) in [6, 6.07) is 0. The molecule has 0 bridgehead atoms. The molecule has 0 radical (unpaired) electrons. The van der Waals surface area contributed by atoms with Crippen molar-refractivity contribution in [3.05, 3.63) is 11.8 Å². The zero-order chi connectivity index (χ0) is 18.4. The second-order valence-corrected chi connectivity index (χ2v) is 6.99. The Morgan fingerprint density at radius 2 is 2.00 bits per heavy atom. The molecular weight excluding hydrogens is 336 g/mol. The molecule has 0 spiro atoms. The van der Waals surface area contributed by atoms with Crippen LogP contribution in [-0.2, 0) is 19.0 Å². The summed E-state index contributed by atoms with van der Waals surface area (Å²) in [5.74, 6) is -0.589. The van der Waals surface area contributed by atoms with Gasteiger partial charge in [0.1, 0.15) is 30.0 Å². The van der Waals surface area contributed by atoms with Gasteiger partial charge in [-0.1, -0.05) is 6.92 Å². The predicted molar refractivity (Wildman–Crippen MR) is 80.7 cm³/mol. The van der Waals surface area contributed by atoms with Gasteiger partial charge in [-0.05, 0) is 18.8 Å². The summed E-state index contributed by atoms with van der Waals surface area (Å²) in [4.78, 5) is 11.2. The molecule has 0 aromatic carbocycles. The van der Waals surface area contributed by atoms with Gasteiger partial charge in [0.25, 0.3) is 0 Å². The van der Waals surface area contributed by atoms with Crippen molar-refractivity contribution in [2.75, 3.05) is 6.61 Å². The van der Waals surface area contributed by atoms with Crippen molar-refractivity contribution in [3.8, 4) is 0 Å². The van der Waals surface area contributed by atoms with Gasteiger partial charge in [0.2, 0.25) is 6.29 Å². The molecule has 2 heterocycles. The largest absolute Gasteiger partial charge is 0.471 e. The average molecular weight is 360 g/mol. The van der Waals surface area contributed by atoms with Crippen LogP contribution in [0.25, 0.3) is 0 Å². The molecule has 5 N–H and O–H groups in total. The second kappa shape index (κ2) is 6.92. The van der Waals surface area contributed by atoms with E-state index in [9.17, 15) is 30.3 Å². The van der Waals surface area contributed by atoms with Crippen LogP contribution in [0.15, 0.2) is 11.8 Å². The number of carbonyl (C=O) groups is 1. The van der Waals surface area contributed by atoms with E-state index in [0.29, 0.717) is 19.1 Å². The molecule has 25 heavy (non-hydrogen) atoms. The summed E-state index contributed by atoms with van der Waals surface area (Å²) in [6.45, 7) is 1.32. The smallest absolute Gasteiger partial charge is 0.207 e. The normalized spacial score (nSPS) is 49.9. The fourth-order valence-corrected chi connectivity index (χ4v) is 3.98. The monoisotopic (exact) mass is 360 g/mol. The van der Waals surface area contributed by atoms with Crippen LogP contribution in [0.2, 0.25) is 0 Å². The minimum absolute atomic E-state index is 0.0245. The minimum Gasteiger partial charge on any atom is -0.471 e. The number of aliphatic hydroxyl groups is 5. The van der Waals surface area contributed by atoms with Crippen LogP contribution in [0.1, 0.15) is 19.8 Å². The maximum Gasteiger partial charge on any atom is 0.207 e. The van der Waals surface area contributed by atoms with Gasteiger partial charge in [-0.15, -0.1) is 0 Å². The summed E-state index contributed by atoms with van der Waals surface area (Å²) in [5.41, 5.74) is -1.26. The molecule has 1 aliphatic carbocycles. The highest BCUT2D eigenvalue weighted by molar-refractivity contribution is 5.76. The molecule has 142 valence electrons. The topological polar surface area (TPSA) is 146 Å². The van der Waals surface area contributed by atoms with E-state index in [1.54, 1.807) is 0 Å². The van der Waals surface area contributed by atoms with Crippen molar-refractivity contribution in [2.24, 2.45) is 11.8 Å². The van der Waals surface area contributed by atoms with E-state index in [4.69, 9.17) is 14.2 Å². The number of hydrogen-bond donors (Lipinski definition) is 5. The molecule has 9 nitrogen and oxygen atoms in total. The molecule has 0 aromatic heterocycles. The van der Waals surface area contributed by atoms with Crippen molar-refractivity contribution in [1.82, 2.24) is 0 Å². The maximum absolute atomic E-state index is 11.2. The quantitative estimate of drug-likeness (QED) is 0.360. The lowest BCUT2D eigenvalue weighted by Crippen LogP contribution is -2.61. The van der Waals surface area contributed by atoms with Gasteiger partial charge >= 0.3 is 0 Å². The van der Waals surface area contributed by atoms with Crippen LogP contribution in [0.5, 0.6) is 0 Å². The number of carbonyl (C=O) groups excluding carboxylic acids is 1. The zero-order valence-electron chi connectivity index (χ0n) is 13.8. The third kappa shape index (κ3) is 2.99. The van der Waals surface area contributed by atoms with Crippen molar-refractivity contribution >= 4 is 6.29 Å². The first-order valence-electron chi connectivity index (χ1n) is 8.33. The van der Waals surface area contributed by atoms with Gasteiger partial charge in [-0.2, -0.15) is 0 Å². The highest BCUT2D eigenvalue weighted by Gasteiger charge is 2.56. The average Bonchev–Trinajstić information content (AvgIpc) is 2.91. The van der Waals surface area contributed by atoms with Gasteiger partial charge in [0, 0.05) is 0 Å². The predicted octanol–water partition coefficient (Wildman–Crippen LogP) is -1.98. The molecule has 1 saturated heterocycles. The standard InChI is InChI=1S/C16H24O9/c1-7-2-3-16(22)8(4-17)6-23-14(10(7)16)25-15-13(21)12(20)11(19)9(5-18)24-15/h4,6-7,9-15,18-22H,2-3,5H2,1H3/t7?,9?,10?,11?,12?,13?,14?,15?,16-/m0/s1. The fourth-order valence-electron chi connectivity index (χ4n) is 3.98. The Morgan fingerprint density at radius 1 is 1.28 bits per heavy atom. The Labute approximate surface area is 144 Å². The lowest BCUT2D eigenvalue weighted by molar-refractivity contribution is -0.346. The van der Waals surface area contributed by atoms with E-state index in [1.807, 2.05) is 6.92 Å². The van der Waals surface area contributed by atoms with Crippen molar-refractivity contribution in [2.45, 2.75) is 62.4 Å². The highest BCUT2D eigenvalue weighted by Crippen LogP contribution is 2.49. The van der Waals surface area contributed by atoms with Crippen LogP contribution < -0.4 is 0 Å². The fraction of sp³-hybridized carbons (Fsp3) is 0.812. The lowest BCUT2D eigenvalue weighted by Gasteiger charge is -2.44. The highest BCUT2D eigenvalue weighted by atomic mass is 16.8. The van der Waals surface area contributed by atoms with Crippen LogP contribution in [0, 0.1) is 11.8 Å². The first kappa shape index (κ1) is 18.7. The summed E-state index contributed by atoms with van der Waals surface area (Å²) in [6.07, 6.45) is -5.40. The molecule has 3 aliphatic rings. The van der Waals surface area contributed by atoms with Gasteiger partial charge in [-0.3, -0.25) is 4.79 Å². The maximum atomic E-state index is 11.2. The van der Waals surface area contributed by atoms with E-state index >= 15 is 0 Å². The second-order valence-electron chi connectivity index (χ2n) is 6.99. The van der Waals surface area contributed by atoms with E-state index in [2.05, 4.69) is 0 Å². The van der Waals surface area contributed by atoms with Crippen LogP contribution >= 0.6 is 0 Å². The zero-order valence-corrected chi connectivity index (χ0v) is 13.8. The third-order valence-electron chi connectivity index (χ3n) is 5.51. The Morgan fingerprint density at radius 3 is 2.64 bits per heavy atom. The Hall–Kier alpha value is -1.07. The Balaban J connectivity index is 1.80. The molecule has 2 fully saturated rings. The first-order chi connectivity index (χ1) is 11.8. The van der Waals surface area contributed by atoms with Crippen molar-refractivity contribution in [3.63, 3.8) is 0 Å².